The molecule has 0 saturated carbocycles. The number of carboxylic acid groups (broad SMARTS) is 1. The van der Waals surface area contributed by atoms with Gasteiger partial charge in [0.25, 0.3) is 10.2 Å². The van der Waals surface area contributed by atoms with E-state index in [2.05, 4.69) is 9.44 Å². The number of carboxylic acids is 1. The lowest BCUT2D eigenvalue weighted by Crippen LogP contribution is -2.39. The Balaban J connectivity index is 2.84. The van der Waals surface area contributed by atoms with E-state index in [4.69, 9.17) is 5.11 Å². The second-order valence-corrected chi connectivity index (χ2v) is 5.61. The Labute approximate surface area is 113 Å². The zero-order valence-electron chi connectivity index (χ0n) is 10.7. The third kappa shape index (κ3) is 5.82. The van der Waals surface area contributed by atoms with Gasteiger partial charge in [-0.3, -0.25) is 4.79 Å². The predicted molar refractivity (Wildman–Crippen MR) is 71.8 cm³/mol. The van der Waals surface area contributed by atoms with E-state index in [0.717, 1.165) is 0 Å². The van der Waals surface area contributed by atoms with Crippen molar-refractivity contribution in [2.75, 3.05) is 6.54 Å². The molecule has 0 aliphatic carbocycles. The van der Waals surface area contributed by atoms with E-state index in [1.165, 1.54) is 0 Å². The number of aliphatic carboxylic acids is 1. The first-order chi connectivity index (χ1) is 8.94. The molecule has 0 amide bonds. The van der Waals surface area contributed by atoms with E-state index in [1.807, 2.05) is 6.92 Å². The van der Waals surface area contributed by atoms with Gasteiger partial charge in [0, 0.05) is 6.54 Å². The minimum absolute atomic E-state index is 0.308. The molecular weight excluding hydrogens is 268 g/mol. The van der Waals surface area contributed by atoms with Crippen LogP contribution in [0.25, 0.3) is 0 Å². The van der Waals surface area contributed by atoms with Crippen molar-refractivity contribution in [3.05, 3.63) is 35.9 Å². The first kappa shape index (κ1) is 15.6. The van der Waals surface area contributed by atoms with Crippen molar-refractivity contribution in [1.29, 1.82) is 0 Å². The van der Waals surface area contributed by atoms with Crippen molar-refractivity contribution in [2.45, 2.75) is 25.8 Å². The highest BCUT2D eigenvalue weighted by Gasteiger charge is 2.21. The molecule has 1 atom stereocenters. The van der Waals surface area contributed by atoms with Crippen LogP contribution < -0.4 is 9.44 Å². The summed E-state index contributed by atoms with van der Waals surface area (Å²) >= 11 is 0. The maximum absolute atomic E-state index is 11.7. The SMILES string of the molecule is CCCNS(=O)(=O)NC(CC(=O)O)c1ccccc1. The summed E-state index contributed by atoms with van der Waals surface area (Å²) in [6, 6.07) is 7.85. The van der Waals surface area contributed by atoms with Gasteiger partial charge in [-0.25, -0.2) is 4.72 Å². The first-order valence-electron chi connectivity index (χ1n) is 5.98. The lowest BCUT2D eigenvalue weighted by molar-refractivity contribution is -0.137. The van der Waals surface area contributed by atoms with Crippen molar-refractivity contribution in [1.82, 2.24) is 9.44 Å². The van der Waals surface area contributed by atoms with Gasteiger partial charge < -0.3 is 5.11 Å². The molecule has 0 fully saturated rings. The zero-order valence-corrected chi connectivity index (χ0v) is 11.5. The van der Waals surface area contributed by atoms with Crippen LogP contribution >= 0.6 is 0 Å². The average Bonchev–Trinajstić information content (AvgIpc) is 2.36. The number of hydrogen-bond acceptors (Lipinski definition) is 3. The van der Waals surface area contributed by atoms with Crippen molar-refractivity contribution >= 4 is 16.2 Å². The van der Waals surface area contributed by atoms with Gasteiger partial charge in [-0.2, -0.15) is 13.1 Å². The predicted octanol–water partition coefficient (Wildman–Crippen LogP) is 1.04. The Morgan fingerprint density at radius 3 is 2.47 bits per heavy atom. The van der Waals surface area contributed by atoms with Gasteiger partial charge in [-0.15, -0.1) is 0 Å². The van der Waals surface area contributed by atoms with Crippen LogP contribution in [0.3, 0.4) is 0 Å². The Kier molecular flexibility index (Phi) is 5.94. The number of benzene rings is 1. The number of rotatable bonds is 8. The second kappa shape index (κ2) is 7.22. The van der Waals surface area contributed by atoms with Gasteiger partial charge in [0.15, 0.2) is 0 Å². The van der Waals surface area contributed by atoms with Crippen molar-refractivity contribution < 1.29 is 18.3 Å². The number of nitrogens with one attached hydrogen (secondary N) is 2. The van der Waals surface area contributed by atoms with Gasteiger partial charge in [-0.05, 0) is 12.0 Å². The Bertz CT molecular complexity index is 502. The normalized spacial score (nSPS) is 13.1. The largest absolute Gasteiger partial charge is 0.481 e. The van der Waals surface area contributed by atoms with Crippen LogP contribution in [0.2, 0.25) is 0 Å². The minimum atomic E-state index is -3.70. The van der Waals surface area contributed by atoms with Crippen LogP contribution in [0.5, 0.6) is 0 Å². The average molecular weight is 286 g/mol. The van der Waals surface area contributed by atoms with Gasteiger partial charge in [-0.1, -0.05) is 37.3 Å². The van der Waals surface area contributed by atoms with Crippen LogP contribution in [0.15, 0.2) is 30.3 Å². The highest BCUT2D eigenvalue weighted by Crippen LogP contribution is 2.17. The summed E-state index contributed by atoms with van der Waals surface area (Å²) in [6.07, 6.45) is 0.354. The number of carbonyl (C=O) groups is 1. The van der Waals surface area contributed by atoms with Gasteiger partial charge >= 0.3 is 5.97 Å². The molecule has 0 aliphatic rings. The van der Waals surface area contributed by atoms with Crippen LogP contribution in [-0.4, -0.2) is 26.0 Å². The monoisotopic (exact) mass is 286 g/mol. The van der Waals surface area contributed by atoms with Gasteiger partial charge in [0.1, 0.15) is 0 Å². The molecule has 3 N–H and O–H groups in total. The summed E-state index contributed by atoms with van der Waals surface area (Å²) in [5.41, 5.74) is 0.617. The Morgan fingerprint density at radius 1 is 1.32 bits per heavy atom. The van der Waals surface area contributed by atoms with Crippen molar-refractivity contribution in [2.24, 2.45) is 0 Å². The molecule has 1 unspecified atom stereocenters. The first-order valence-corrected chi connectivity index (χ1v) is 7.46. The topological polar surface area (TPSA) is 95.5 Å². The lowest BCUT2D eigenvalue weighted by atomic mass is 10.1. The smallest absolute Gasteiger partial charge is 0.305 e. The fourth-order valence-corrected chi connectivity index (χ4v) is 2.70. The zero-order chi connectivity index (χ0) is 14.3. The third-order valence-electron chi connectivity index (χ3n) is 2.42. The molecule has 1 rings (SSSR count). The molecule has 0 heterocycles. The lowest BCUT2D eigenvalue weighted by Gasteiger charge is -2.17. The molecule has 0 spiro atoms. The third-order valence-corrected chi connectivity index (χ3v) is 3.60. The Morgan fingerprint density at radius 2 is 1.95 bits per heavy atom. The van der Waals surface area contributed by atoms with E-state index in [1.54, 1.807) is 30.3 Å². The second-order valence-electron chi connectivity index (χ2n) is 4.08. The molecule has 1 aromatic rings. The van der Waals surface area contributed by atoms with E-state index in [-0.39, 0.29) is 6.42 Å². The summed E-state index contributed by atoms with van der Waals surface area (Å²) in [5, 5.41) is 8.86. The fraction of sp³-hybridized carbons (Fsp3) is 0.417. The molecule has 0 radical (unpaired) electrons. The summed E-state index contributed by atoms with van der Waals surface area (Å²) in [6.45, 7) is 2.15. The molecule has 0 aromatic heterocycles. The highest BCUT2D eigenvalue weighted by molar-refractivity contribution is 7.87. The highest BCUT2D eigenvalue weighted by atomic mass is 32.2. The van der Waals surface area contributed by atoms with E-state index >= 15 is 0 Å². The molecule has 7 heteroatoms. The summed E-state index contributed by atoms with van der Waals surface area (Å²) in [7, 11) is -3.70. The summed E-state index contributed by atoms with van der Waals surface area (Å²) < 4.78 is 28.2. The van der Waals surface area contributed by atoms with Crippen LogP contribution in [0, 0.1) is 0 Å². The molecule has 0 aliphatic heterocycles. The maximum atomic E-state index is 11.7. The van der Waals surface area contributed by atoms with E-state index in [0.29, 0.717) is 18.5 Å². The fourth-order valence-electron chi connectivity index (χ4n) is 1.55. The molecule has 0 saturated heterocycles. The Hall–Kier alpha value is -1.44. The number of hydrogen-bond donors (Lipinski definition) is 3. The van der Waals surface area contributed by atoms with Crippen LogP contribution in [0.1, 0.15) is 31.4 Å². The maximum Gasteiger partial charge on any atom is 0.305 e. The molecule has 1 aromatic carbocycles. The minimum Gasteiger partial charge on any atom is -0.481 e. The van der Waals surface area contributed by atoms with Crippen molar-refractivity contribution in [3.8, 4) is 0 Å². The molecule has 106 valence electrons. The summed E-state index contributed by atoms with van der Waals surface area (Å²) in [4.78, 5) is 10.8. The van der Waals surface area contributed by atoms with Gasteiger partial charge in [0.2, 0.25) is 0 Å². The van der Waals surface area contributed by atoms with Gasteiger partial charge in [0.05, 0.1) is 12.5 Å². The van der Waals surface area contributed by atoms with E-state index in [9.17, 15) is 13.2 Å². The standard InChI is InChI=1S/C12H18N2O4S/c1-2-8-13-19(17,18)14-11(9-12(15)16)10-6-4-3-5-7-10/h3-7,11,13-14H,2,8-9H2,1H3,(H,15,16). The van der Waals surface area contributed by atoms with E-state index < -0.39 is 22.2 Å². The molecule has 19 heavy (non-hydrogen) atoms. The molecule has 0 bridgehead atoms. The summed E-state index contributed by atoms with van der Waals surface area (Å²) in [5.74, 6) is -1.06. The van der Waals surface area contributed by atoms with Crippen molar-refractivity contribution in [3.63, 3.8) is 0 Å². The molecule has 6 nitrogen and oxygen atoms in total. The molecular formula is C12H18N2O4S. The van der Waals surface area contributed by atoms with Crippen LogP contribution in [-0.2, 0) is 15.0 Å². The van der Waals surface area contributed by atoms with Crippen LogP contribution in [0.4, 0.5) is 0 Å². The quantitative estimate of drug-likeness (QED) is 0.665.